The van der Waals surface area contributed by atoms with Crippen LogP contribution in [0, 0.1) is 0 Å². The van der Waals surface area contributed by atoms with Crippen molar-refractivity contribution in [3.63, 3.8) is 0 Å². The second-order valence-corrected chi connectivity index (χ2v) is 6.27. The monoisotopic (exact) mass is 345 g/mol. The summed E-state index contributed by atoms with van der Waals surface area (Å²) in [5.74, 6) is 0. The number of hydrogen-bond donors (Lipinski definition) is 2. The zero-order valence-corrected chi connectivity index (χ0v) is 12.4. The van der Waals surface area contributed by atoms with Gasteiger partial charge < -0.3 is 5.73 Å². The summed E-state index contributed by atoms with van der Waals surface area (Å²) >= 11 is 3.06. The van der Waals surface area contributed by atoms with Gasteiger partial charge in [-0.3, -0.25) is 0 Å². The van der Waals surface area contributed by atoms with Crippen LogP contribution in [-0.4, -0.2) is 23.4 Å². The van der Waals surface area contributed by atoms with Gasteiger partial charge in [-0.15, -0.1) is 5.10 Å². The predicted molar refractivity (Wildman–Crippen MR) is 73.6 cm³/mol. The molecule has 0 spiro atoms. The largest absolute Gasteiger partial charge is 0.398 e. The van der Waals surface area contributed by atoms with Gasteiger partial charge in [-0.05, 0) is 27.6 Å². The molecule has 3 N–H and O–H groups in total. The Hall–Kier alpha value is -1.45. The number of sulfonamides is 1. The average Bonchev–Trinajstić information content (AvgIpc) is 2.69. The van der Waals surface area contributed by atoms with E-state index < -0.39 is 10.0 Å². The third kappa shape index (κ3) is 2.94. The number of nitrogens with one attached hydrogen (secondary N) is 1. The standard InChI is InChI=1S/C10H12BrN5O2S/c1-16-10(9(11)14-15-16)19(17,18)13-6-7-4-2-3-5-8(7)12/h2-5,13H,6,12H2,1H3. The summed E-state index contributed by atoms with van der Waals surface area (Å²) in [6.07, 6.45) is 0. The first-order chi connectivity index (χ1) is 8.92. The Kier molecular flexibility index (Phi) is 3.88. The molecular formula is C10H12BrN5O2S. The number of nitrogens with two attached hydrogens (primary N) is 1. The zero-order valence-electron chi connectivity index (χ0n) is 10.0. The lowest BCUT2D eigenvalue weighted by atomic mass is 10.2. The van der Waals surface area contributed by atoms with Gasteiger partial charge >= 0.3 is 0 Å². The number of nitrogen functional groups attached to an aromatic ring is 1. The lowest BCUT2D eigenvalue weighted by Gasteiger charge is -2.08. The van der Waals surface area contributed by atoms with Crippen molar-refractivity contribution in [1.29, 1.82) is 0 Å². The van der Waals surface area contributed by atoms with Crippen LogP contribution in [0.4, 0.5) is 5.69 Å². The van der Waals surface area contributed by atoms with E-state index in [2.05, 4.69) is 31.0 Å². The van der Waals surface area contributed by atoms with Gasteiger partial charge in [-0.25, -0.2) is 17.8 Å². The highest BCUT2D eigenvalue weighted by molar-refractivity contribution is 9.10. The third-order valence-corrected chi connectivity index (χ3v) is 4.79. The van der Waals surface area contributed by atoms with Crippen LogP contribution < -0.4 is 10.5 Å². The maximum Gasteiger partial charge on any atom is 0.260 e. The summed E-state index contributed by atoms with van der Waals surface area (Å²) < 4.78 is 28.1. The summed E-state index contributed by atoms with van der Waals surface area (Å²) in [6.45, 7) is 0.104. The highest BCUT2D eigenvalue weighted by Crippen LogP contribution is 2.18. The fourth-order valence-corrected chi connectivity index (χ4v) is 3.64. The quantitative estimate of drug-likeness (QED) is 0.791. The molecule has 0 radical (unpaired) electrons. The predicted octanol–water partition coefficient (Wildman–Crippen LogP) is 0.638. The van der Waals surface area contributed by atoms with Crippen LogP contribution in [0.2, 0.25) is 0 Å². The molecule has 0 saturated heterocycles. The van der Waals surface area contributed by atoms with Crippen molar-refractivity contribution in [3.05, 3.63) is 34.4 Å². The first-order valence-corrected chi connectivity index (χ1v) is 7.57. The van der Waals surface area contributed by atoms with E-state index in [-0.39, 0.29) is 16.2 Å². The SMILES string of the molecule is Cn1nnc(Br)c1S(=O)(=O)NCc1ccccc1N. The molecule has 0 aliphatic heterocycles. The van der Waals surface area contributed by atoms with Crippen LogP contribution in [0.25, 0.3) is 0 Å². The van der Waals surface area contributed by atoms with E-state index >= 15 is 0 Å². The molecule has 0 aliphatic rings. The Morgan fingerprint density at radius 2 is 2.11 bits per heavy atom. The molecule has 1 aromatic carbocycles. The van der Waals surface area contributed by atoms with Gasteiger partial charge in [0.2, 0.25) is 5.03 Å². The fourth-order valence-electron chi connectivity index (χ4n) is 1.54. The van der Waals surface area contributed by atoms with Gasteiger partial charge in [0.1, 0.15) is 0 Å². The Morgan fingerprint density at radius 3 is 2.68 bits per heavy atom. The van der Waals surface area contributed by atoms with Crippen molar-refractivity contribution in [2.75, 3.05) is 5.73 Å². The van der Waals surface area contributed by atoms with Crippen molar-refractivity contribution in [1.82, 2.24) is 19.7 Å². The summed E-state index contributed by atoms with van der Waals surface area (Å²) in [5, 5.41) is 7.25. The Bertz CT molecular complexity index is 678. The Labute approximate surface area is 119 Å². The molecule has 0 atom stereocenters. The number of aryl methyl sites for hydroxylation is 1. The minimum atomic E-state index is -3.71. The van der Waals surface area contributed by atoms with Crippen LogP contribution >= 0.6 is 15.9 Å². The smallest absolute Gasteiger partial charge is 0.260 e. The first-order valence-electron chi connectivity index (χ1n) is 5.30. The number of rotatable bonds is 4. The first kappa shape index (κ1) is 14.0. The molecule has 9 heteroatoms. The molecular weight excluding hydrogens is 334 g/mol. The van der Waals surface area contributed by atoms with Crippen LogP contribution in [0.5, 0.6) is 0 Å². The van der Waals surface area contributed by atoms with Crippen molar-refractivity contribution >= 4 is 31.6 Å². The van der Waals surface area contributed by atoms with Crippen LogP contribution in [0.1, 0.15) is 5.56 Å². The Morgan fingerprint density at radius 1 is 1.42 bits per heavy atom. The maximum atomic E-state index is 12.1. The molecule has 0 amide bonds. The van der Waals surface area contributed by atoms with Crippen molar-refractivity contribution < 1.29 is 8.42 Å². The van der Waals surface area contributed by atoms with E-state index in [1.54, 1.807) is 24.3 Å². The molecule has 2 rings (SSSR count). The lowest BCUT2D eigenvalue weighted by Crippen LogP contribution is -2.26. The van der Waals surface area contributed by atoms with E-state index in [4.69, 9.17) is 5.73 Å². The van der Waals surface area contributed by atoms with E-state index in [1.807, 2.05) is 0 Å². The van der Waals surface area contributed by atoms with Gasteiger partial charge in [0, 0.05) is 19.3 Å². The van der Waals surface area contributed by atoms with Crippen molar-refractivity contribution in [2.45, 2.75) is 11.6 Å². The Balaban J connectivity index is 2.22. The van der Waals surface area contributed by atoms with E-state index in [1.165, 1.54) is 11.7 Å². The highest BCUT2D eigenvalue weighted by atomic mass is 79.9. The minimum absolute atomic E-state index is 0.0259. The molecule has 7 nitrogen and oxygen atoms in total. The second-order valence-electron chi connectivity index (χ2n) is 3.83. The molecule has 2 aromatic rings. The topological polar surface area (TPSA) is 103 Å². The van der Waals surface area contributed by atoms with Crippen molar-refractivity contribution in [3.8, 4) is 0 Å². The van der Waals surface area contributed by atoms with Crippen molar-refractivity contribution in [2.24, 2.45) is 7.05 Å². The molecule has 0 aliphatic carbocycles. The minimum Gasteiger partial charge on any atom is -0.398 e. The normalized spacial score (nSPS) is 11.7. The molecule has 1 heterocycles. The van der Waals surface area contributed by atoms with Crippen LogP contribution in [0.15, 0.2) is 33.9 Å². The summed E-state index contributed by atoms with van der Waals surface area (Å²) in [7, 11) is -2.20. The van der Waals surface area contributed by atoms with Gasteiger partial charge in [-0.2, -0.15) is 0 Å². The lowest BCUT2D eigenvalue weighted by molar-refractivity contribution is 0.560. The van der Waals surface area contributed by atoms with E-state index in [0.29, 0.717) is 11.3 Å². The number of benzene rings is 1. The van der Waals surface area contributed by atoms with Crippen LogP contribution in [0.3, 0.4) is 0 Å². The molecule has 0 bridgehead atoms. The third-order valence-electron chi connectivity index (χ3n) is 2.50. The van der Waals surface area contributed by atoms with Gasteiger partial charge in [0.15, 0.2) is 4.60 Å². The van der Waals surface area contributed by atoms with Gasteiger partial charge in [0.25, 0.3) is 10.0 Å². The molecule has 0 fully saturated rings. The zero-order chi connectivity index (χ0) is 14.0. The number of anilines is 1. The van der Waals surface area contributed by atoms with Gasteiger partial charge in [0.05, 0.1) is 0 Å². The molecule has 1 aromatic heterocycles. The summed E-state index contributed by atoms with van der Waals surface area (Å²) in [6, 6.07) is 7.05. The van der Waals surface area contributed by atoms with Gasteiger partial charge in [-0.1, -0.05) is 23.4 Å². The maximum absolute atomic E-state index is 12.1. The fraction of sp³-hybridized carbons (Fsp3) is 0.200. The van der Waals surface area contributed by atoms with Crippen LogP contribution in [-0.2, 0) is 23.6 Å². The molecule has 19 heavy (non-hydrogen) atoms. The number of aromatic nitrogens is 3. The molecule has 0 unspecified atom stereocenters. The highest BCUT2D eigenvalue weighted by Gasteiger charge is 2.23. The van der Waals surface area contributed by atoms with E-state index in [9.17, 15) is 8.42 Å². The number of halogens is 1. The summed E-state index contributed by atoms with van der Waals surface area (Å²) in [5.41, 5.74) is 6.99. The second kappa shape index (κ2) is 5.27. The average molecular weight is 346 g/mol. The number of hydrogen-bond acceptors (Lipinski definition) is 5. The number of nitrogens with zero attached hydrogens (tertiary/aromatic N) is 3. The molecule has 102 valence electrons. The molecule has 0 saturated carbocycles. The summed E-state index contributed by atoms with van der Waals surface area (Å²) in [4.78, 5) is 0. The number of para-hydroxylation sites is 1. The van der Waals surface area contributed by atoms with E-state index in [0.717, 1.165) is 0 Å².